The molecule has 1 amide bonds. The van der Waals surface area contributed by atoms with Gasteiger partial charge in [0, 0.05) is 0 Å². The summed E-state index contributed by atoms with van der Waals surface area (Å²) in [5.41, 5.74) is -0.325. The maximum Gasteiger partial charge on any atom is 0.323 e. The van der Waals surface area contributed by atoms with E-state index in [1.165, 1.54) is 4.90 Å². The number of β-lactam (4-membered cyclic amide) rings is 1. The summed E-state index contributed by atoms with van der Waals surface area (Å²) >= 11 is 1.56. The molecule has 1 atom stereocenters. The number of carboxylic acid groups (broad SMARTS) is 1. The normalized spacial score (nSPS) is 23.8. The molecule has 1 aliphatic rings. The molecule has 1 rings (SSSR count). The molecule has 1 N–H and O–H groups in total. The predicted octanol–water partition coefficient (Wildman–Crippen LogP) is 1.41. The Morgan fingerprint density at radius 3 is 2.40 bits per heavy atom. The van der Waals surface area contributed by atoms with E-state index in [1.54, 1.807) is 11.8 Å². The summed E-state index contributed by atoms with van der Waals surface area (Å²) in [6, 6.07) is 0. The number of amides is 1. The van der Waals surface area contributed by atoms with Gasteiger partial charge in [-0.25, -0.2) is 0 Å². The van der Waals surface area contributed by atoms with Crippen LogP contribution in [0.5, 0.6) is 0 Å². The molecule has 86 valence electrons. The minimum absolute atomic E-state index is 0.00532. The third-order valence-electron chi connectivity index (χ3n) is 3.23. The fraction of sp³-hybridized carbons (Fsp3) is 0.800. The average molecular weight is 231 g/mol. The molecule has 0 aliphatic carbocycles. The van der Waals surface area contributed by atoms with Crippen LogP contribution >= 0.6 is 11.8 Å². The zero-order valence-electron chi connectivity index (χ0n) is 9.32. The van der Waals surface area contributed by atoms with Crippen molar-refractivity contribution in [2.24, 2.45) is 5.41 Å². The highest BCUT2D eigenvalue weighted by atomic mass is 32.2. The smallest absolute Gasteiger partial charge is 0.323 e. The topological polar surface area (TPSA) is 57.6 Å². The van der Waals surface area contributed by atoms with E-state index >= 15 is 0 Å². The molecule has 0 saturated carbocycles. The zero-order valence-corrected chi connectivity index (χ0v) is 10.1. The Bertz CT molecular complexity index is 276. The van der Waals surface area contributed by atoms with E-state index in [-0.39, 0.29) is 23.2 Å². The molecule has 0 radical (unpaired) electrons. The summed E-state index contributed by atoms with van der Waals surface area (Å²) in [7, 11) is 0. The summed E-state index contributed by atoms with van der Waals surface area (Å²) < 4.78 is 0. The molecule has 5 heteroatoms. The van der Waals surface area contributed by atoms with Gasteiger partial charge >= 0.3 is 5.97 Å². The molecular formula is C10H17NO3S. The Hall–Kier alpha value is -0.710. The molecule has 1 saturated heterocycles. The summed E-state index contributed by atoms with van der Waals surface area (Å²) in [5, 5.41) is 8.72. The second-order valence-corrected chi connectivity index (χ2v) is 4.70. The van der Waals surface area contributed by atoms with Gasteiger partial charge in [-0.1, -0.05) is 13.8 Å². The van der Waals surface area contributed by atoms with Gasteiger partial charge < -0.3 is 10.0 Å². The van der Waals surface area contributed by atoms with Gasteiger partial charge in [0.25, 0.3) is 0 Å². The van der Waals surface area contributed by atoms with Gasteiger partial charge in [0.15, 0.2) is 0 Å². The highest BCUT2D eigenvalue weighted by molar-refractivity contribution is 7.99. The fourth-order valence-electron chi connectivity index (χ4n) is 2.29. The largest absolute Gasteiger partial charge is 0.480 e. The van der Waals surface area contributed by atoms with Crippen LogP contribution in [0.4, 0.5) is 0 Å². The monoisotopic (exact) mass is 231 g/mol. The zero-order chi connectivity index (χ0) is 11.6. The Balaban J connectivity index is 2.82. The Morgan fingerprint density at radius 1 is 1.53 bits per heavy atom. The average Bonchev–Trinajstić information content (AvgIpc) is 2.22. The Kier molecular flexibility index (Phi) is 3.65. The highest BCUT2D eigenvalue weighted by Crippen LogP contribution is 2.49. The van der Waals surface area contributed by atoms with Crippen molar-refractivity contribution in [3.8, 4) is 0 Å². The molecule has 1 aliphatic heterocycles. The molecule has 0 aromatic rings. The first-order valence-electron chi connectivity index (χ1n) is 5.09. The number of thioether (sulfide) groups is 1. The minimum Gasteiger partial charge on any atom is -0.480 e. The first kappa shape index (κ1) is 12.4. The van der Waals surface area contributed by atoms with Crippen LogP contribution in [0, 0.1) is 5.41 Å². The Labute approximate surface area is 94.0 Å². The van der Waals surface area contributed by atoms with Crippen LogP contribution in [0.1, 0.15) is 26.7 Å². The van der Waals surface area contributed by atoms with E-state index in [1.807, 2.05) is 20.1 Å². The number of hydrogen-bond acceptors (Lipinski definition) is 3. The van der Waals surface area contributed by atoms with E-state index in [9.17, 15) is 9.59 Å². The van der Waals surface area contributed by atoms with Gasteiger partial charge in [-0.05, 0) is 19.1 Å². The van der Waals surface area contributed by atoms with Crippen LogP contribution in [-0.4, -0.2) is 40.1 Å². The molecule has 1 heterocycles. The fourth-order valence-corrected chi connectivity index (χ4v) is 3.60. The summed E-state index contributed by atoms with van der Waals surface area (Å²) in [6.07, 6.45) is 3.49. The lowest BCUT2D eigenvalue weighted by Crippen LogP contribution is -2.67. The van der Waals surface area contributed by atoms with Crippen molar-refractivity contribution >= 4 is 23.6 Å². The standard InChI is InChI=1S/C10H17NO3S/c1-4-10(5-2)8(14)11(6-7(12)13)9(10)15-3/h9H,4-6H2,1-3H3,(H,12,13). The van der Waals surface area contributed by atoms with Crippen molar-refractivity contribution in [1.82, 2.24) is 4.90 Å². The van der Waals surface area contributed by atoms with Gasteiger partial charge in [0.05, 0.1) is 10.8 Å². The van der Waals surface area contributed by atoms with Crippen LogP contribution in [0.25, 0.3) is 0 Å². The Morgan fingerprint density at radius 2 is 2.07 bits per heavy atom. The number of rotatable bonds is 5. The van der Waals surface area contributed by atoms with E-state index in [2.05, 4.69) is 0 Å². The van der Waals surface area contributed by atoms with Gasteiger partial charge in [0.2, 0.25) is 5.91 Å². The SMILES string of the molecule is CCC1(CC)C(=O)N(CC(=O)O)C1SC. The summed E-state index contributed by atoms with van der Waals surface area (Å²) in [4.78, 5) is 24.0. The van der Waals surface area contributed by atoms with E-state index in [0.29, 0.717) is 0 Å². The third-order valence-corrected chi connectivity index (χ3v) is 4.39. The van der Waals surface area contributed by atoms with Crippen molar-refractivity contribution in [2.75, 3.05) is 12.8 Å². The minimum atomic E-state index is -0.941. The predicted molar refractivity (Wildman–Crippen MR) is 59.7 cm³/mol. The van der Waals surface area contributed by atoms with Crippen LogP contribution in [0.2, 0.25) is 0 Å². The molecule has 0 spiro atoms. The molecule has 0 bridgehead atoms. The summed E-state index contributed by atoms with van der Waals surface area (Å²) in [5.74, 6) is -0.947. The molecule has 4 nitrogen and oxygen atoms in total. The van der Waals surface area contributed by atoms with Gasteiger partial charge in [0.1, 0.15) is 6.54 Å². The van der Waals surface area contributed by atoms with Gasteiger partial charge in [-0.3, -0.25) is 9.59 Å². The van der Waals surface area contributed by atoms with Crippen LogP contribution in [-0.2, 0) is 9.59 Å². The third kappa shape index (κ3) is 1.73. The van der Waals surface area contributed by atoms with Crippen molar-refractivity contribution < 1.29 is 14.7 Å². The van der Waals surface area contributed by atoms with Crippen molar-refractivity contribution in [3.63, 3.8) is 0 Å². The van der Waals surface area contributed by atoms with Crippen LogP contribution < -0.4 is 0 Å². The van der Waals surface area contributed by atoms with E-state index in [0.717, 1.165) is 12.8 Å². The second-order valence-electron chi connectivity index (χ2n) is 3.78. The number of carboxylic acids is 1. The number of carbonyl (C=O) groups excluding carboxylic acids is 1. The molecule has 1 unspecified atom stereocenters. The molecule has 0 aromatic heterocycles. The summed E-state index contributed by atoms with van der Waals surface area (Å²) in [6.45, 7) is 3.80. The maximum atomic E-state index is 11.9. The van der Waals surface area contributed by atoms with E-state index < -0.39 is 5.97 Å². The molecule has 0 aromatic carbocycles. The first-order chi connectivity index (χ1) is 7.03. The molecular weight excluding hydrogens is 214 g/mol. The van der Waals surface area contributed by atoms with Crippen molar-refractivity contribution in [2.45, 2.75) is 32.1 Å². The quantitative estimate of drug-likeness (QED) is 0.727. The number of carbonyl (C=O) groups is 2. The van der Waals surface area contributed by atoms with E-state index in [4.69, 9.17) is 5.11 Å². The number of likely N-dealkylation sites (tertiary alicyclic amines) is 1. The lowest BCUT2D eigenvalue weighted by molar-refractivity contribution is -0.169. The number of aliphatic carboxylic acids is 1. The van der Waals surface area contributed by atoms with Crippen LogP contribution in [0.15, 0.2) is 0 Å². The van der Waals surface area contributed by atoms with Crippen molar-refractivity contribution in [3.05, 3.63) is 0 Å². The molecule has 15 heavy (non-hydrogen) atoms. The van der Waals surface area contributed by atoms with Crippen molar-refractivity contribution in [1.29, 1.82) is 0 Å². The second kappa shape index (κ2) is 4.43. The highest BCUT2D eigenvalue weighted by Gasteiger charge is 2.58. The maximum absolute atomic E-state index is 11.9. The lowest BCUT2D eigenvalue weighted by atomic mass is 9.73. The van der Waals surface area contributed by atoms with Gasteiger partial charge in [-0.2, -0.15) is 0 Å². The number of nitrogens with zero attached hydrogens (tertiary/aromatic N) is 1. The number of hydrogen-bond donors (Lipinski definition) is 1. The molecule has 1 fully saturated rings. The van der Waals surface area contributed by atoms with Gasteiger partial charge in [-0.15, -0.1) is 11.8 Å². The lowest BCUT2D eigenvalue weighted by Gasteiger charge is -2.54. The first-order valence-corrected chi connectivity index (χ1v) is 6.38. The van der Waals surface area contributed by atoms with Crippen LogP contribution in [0.3, 0.4) is 0 Å².